The highest BCUT2D eigenvalue weighted by Gasteiger charge is 2.17. The maximum Gasteiger partial charge on any atom is 0.337 e. The molecule has 0 bridgehead atoms. The molecule has 1 aromatic carbocycles. The van der Waals surface area contributed by atoms with Crippen molar-refractivity contribution in [2.45, 2.75) is 20.3 Å². The summed E-state index contributed by atoms with van der Waals surface area (Å²) in [6, 6.07) is 2.85. The Hall–Kier alpha value is -1.63. The number of hydrogen-bond acceptors (Lipinski definition) is 3. The van der Waals surface area contributed by atoms with Crippen LogP contribution in [0.1, 0.15) is 30.6 Å². The van der Waals surface area contributed by atoms with Gasteiger partial charge in [0.05, 0.1) is 17.0 Å². The first-order valence-corrected chi connectivity index (χ1v) is 7.40. The number of hydrogen-bond donors (Lipinski definition) is 2. The van der Waals surface area contributed by atoms with Gasteiger partial charge in [-0.1, -0.05) is 13.8 Å². The average molecular weight is 289 g/mol. The van der Waals surface area contributed by atoms with Crippen molar-refractivity contribution < 1.29 is 22.7 Å². The topological polar surface area (TPSA) is 83.5 Å². The Labute approximate surface area is 111 Å². The predicted octanol–water partition coefficient (Wildman–Crippen LogP) is 2.31. The molecule has 1 aromatic rings. The maximum absolute atomic E-state index is 13.1. The molecular weight excluding hydrogens is 273 g/mol. The number of anilines is 1. The van der Waals surface area contributed by atoms with E-state index in [9.17, 15) is 17.6 Å². The first-order valence-electron chi connectivity index (χ1n) is 5.74. The minimum absolute atomic E-state index is 0.139. The highest BCUT2D eigenvalue weighted by Crippen LogP contribution is 2.19. The Morgan fingerprint density at radius 2 is 2.05 bits per heavy atom. The molecule has 0 aromatic heterocycles. The van der Waals surface area contributed by atoms with E-state index in [0.29, 0.717) is 6.42 Å². The summed E-state index contributed by atoms with van der Waals surface area (Å²) in [5.41, 5.74) is -0.536. The monoisotopic (exact) mass is 289 g/mol. The minimum Gasteiger partial charge on any atom is -0.478 e. The highest BCUT2D eigenvalue weighted by atomic mass is 32.2. The van der Waals surface area contributed by atoms with Gasteiger partial charge in [-0.25, -0.2) is 17.6 Å². The molecule has 1 rings (SSSR count). The number of halogens is 1. The molecule has 0 fully saturated rings. The van der Waals surface area contributed by atoms with Crippen LogP contribution < -0.4 is 4.72 Å². The van der Waals surface area contributed by atoms with Crippen LogP contribution in [0, 0.1) is 11.7 Å². The van der Waals surface area contributed by atoms with Gasteiger partial charge in [-0.2, -0.15) is 0 Å². The van der Waals surface area contributed by atoms with Gasteiger partial charge in [-0.05, 0) is 30.5 Å². The van der Waals surface area contributed by atoms with E-state index in [0.717, 1.165) is 18.2 Å². The van der Waals surface area contributed by atoms with Crippen LogP contribution in [0.4, 0.5) is 10.1 Å². The lowest BCUT2D eigenvalue weighted by molar-refractivity contribution is 0.0698. The zero-order chi connectivity index (χ0) is 14.6. The summed E-state index contributed by atoms with van der Waals surface area (Å²) in [6.45, 7) is 3.75. The van der Waals surface area contributed by atoms with Crippen molar-refractivity contribution in [3.63, 3.8) is 0 Å². The third-order valence-corrected chi connectivity index (χ3v) is 3.75. The molecule has 2 N–H and O–H groups in total. The maximum atomic E-state index is 13.1. The Morgan fingerprint density at radius 1 is 1.42 bits per heavy atom. The van der Waals surface area contributed by atoms with Crippen LogP contribution in [0.2, 0.25) is 0 Å². The van der Waals surface area contributed by atoms with Crippen LogP contribution in [-0.2, 0) is 10.0 Å². The molecule has 0 aliphatic carbocycles. The number of carbonyl (C=O) groups is 1. The zero-order valence-corrected chi connectivity index (χ0v) is 11.5. The number of rotatable bonds is 6. The van der Waals surface area contributed by atoms with E-state index in [1.807, 2.05) is 13.8 Å². The molecule has 0 atom stereocenters. The van der Waals surface area contributed by atoms with Crippen LogP contribution in [0.3, 0.4) is 0 Å². The van der Waals surface area contributed by atoms with Crippen molar-refractivity contribution in [3.8, 4) is 0 Å². The molecule has 5 nitrogen and oxygen atoms in total. The molecule has 0 spiro atoms. The van der Waals surface area contributed by atoms with Gasteiger partial charge in [0, 0.05) is 0 Å². The summed E-state index contributed by atoms with van der Waals surface area (Å²) in [5, 5.41) is 8.91. The molecule has 0 aliphatic heterocycles. The van der Waals surface area contributed by atoms with Gasteiger partial charge in [0.2, 0.25) is 10.0 Å². The van der Waals surface area contributed by atoms with Gasteiger partial charge < -0.3 is 5.11 Å². The molecule has 0 aliphatic rings. The number of sulfonamides is 1. The molecule has 106 valence electrons. The minimum atomic E-state index is -3.68. The number of nitrogens with one attached hydrogen (secondary N) is 1. The van der Waals surface area contributed by atoms with Crippen LogP contribution >= 0.6 is 0 Å². The smallest absolute Gasteiger partial charge is 0.337 e. The van der Waals surface area contributed by atoms with E-state index in [2.05, 4.69) is 4.72 Å². The SMILES string of the molecule is CC(C)CCS(=O)(=O)Nc1cc(F)ccc1C(=O)O. The van der Waals surface area contributed by atoms with Gasteiger partial charge >= 0.3 is 5.97 Å². The van der Waals surface area contributed by atoms with Crippen molar-refractivity contribution in [2.24, 2.45) is 5.92 Å². The lowest BCUT2D eigenvalue weighted by Gasteiger charge is -2.11. The predicted molar refractivity (Wildman–Crippen MR) is 70.2 cm³/mol. The number of benzene rings is 1. The van der Waals surface area contributed by atoms with E-state index in [1.165, 1.54) is 0 Å². The average Bonchev–Trinajstić information content (AvgIpc) is 2.25. The Kier molecular flexibility index (Phi) is 4.88. The lowest BCUT2D eigenvalue weighted by Crippen LogP contribution is -2.19. The normalized spacial score (nSPS) is 11.6. The molecule has 0 amide bonds. The zero-order valence-electron chi connectivity index (χ0n) is 10.7. The van der Waals surface area contributed by atoms with Crippen molar-refractivity contribution in [2.75, 3.05) is 10.5 Å². The third-order valence-electron chi connectivity index (χ3n) is 2.44. The molecule has 19 heavy (non-hydrogen) atoms. The van der Waals surface area contributed by atoms with Crippen LogP contribution in [0.15, 0.2) is 18.2 Å². The second-order valence-corrected chi connectivity index (χ2v) is 6.44. The van der Waals surface area contributed by atoms with E-state index >= 15 is 0 Å². The first kappa shape index (κ1) is 15.4. The quantitative estimate of drug-likeness (QED) is 0.841. The van der Waals surface area contributed by atoms with Gasteiger partial charge in [-0.3, -0.25) is 4.72 Å². The summed E-state index contributed by atoms with van der Waals surface area (Å²) >= 11 is 0. The summed E-state index contributed by atoms with van der Waals surface area (Å²) in [6.07, 6.45) is 0.438. The van der Waals surface area contributed by atoms with E-state index in [1.54, 1.807) is 0 Å². The fourth-order valence-electron chi connectivity index (χ4n) is 1.40. The van der Waals surface area contributed by atoms with E-state index in [-0.39, 0.29) is 22.9 Å². The molecule has 7 heteroatoms. The highest BCUT2D eigenvalue weighted by molar-refractivity contribution is 7.92. The number of aromatic carboxylic acids is 1. The summed E-state index contributed by atoms with van der Waals surface area (Å²) < 4.78 is 38.7. The molecule has 0 saturated carbocycles. The summed E-state index contributed by atoms with van der Waals surface area (Å²) in [7, 11) is -3.68. The second-order valence-electron chi connectivity index (χ2n) is 4.60. The Bertz CT molecular complexity index is 569. The molecule has 0 saturated heterocycles. The largest absolute Gasteiger partial charge is 0.478 e. The van der Waals surface area contributed by atoms with E-state index in [4.69, 9.17) is 5.11 Å². The third kappa shape index (κ3) is 4.86. The second kappa shape index (κ2) is 6.01. The van der Waals surface area contributed by atoms with E-state index < -0.39 is 21.8 Å². The Morgan fingerprint density at radius 3 is 2.58 bits per heavy atom. The van der Waals surface area contributed by atoms with Crippen molar-refractivity contribution in [1.29, 1.82) is 0 Å². The van der Waals surface area contributed by atoms with Gasteiger partial charge in [0.15, 0.2) is 0 Å². The lowest BCUT2D eigenvalue weighted by atomic mass is 10.2. The molecular formula is C12H16FNO4S. The molecule has 0 unspecified atom stereocenters. The summed E-state index contributed by atoms with van der Waals surface area (Å²) in [5.74, 6) is -1.96. The fraction of sp³-hybridized carbons (Fsp3) is 0.417. The van der Waals surface area contributed by atoms with Gasteiger partial charge in [0.25, 0.3) is 0 Å². The number of carboxylic acid groups (broad SMARTS) is 1. The van der Waals surface area contributed by atoms with Crippen LogP contribution in [0.5, 0.6) is 0 Å². The van der Waals surface area contributed by atoms with Crippen LogP contribution in [0.25, 0.3) is 0 Å². The Balaban J connectivity index is 2.98. The van der Waals surface area contributed by atoms with Crippen molar-refractivity contribution in [1.82, 2.24) is 0 Å². The summed E-state index contributed by atoms with van der Waals surface area (Å²) in [4.78, 5) is 10.9. The van der Waals surface area contributed by atoms with Gasteiger partial charge in [0.1, 0.15) is 5.82 Å². The van der Waals surface area contributed by atoms with Crippen molar-refractivity contribution >= 4 is 21.7 Å². The molecule has 0 radical (unpaired) electrons. The molecule has 0 heterocycles. The van der Waals surface area contributed by atoms with Crippen molar-refractivity contribution in [3.05, 3.63) is 29.6 Å². The standard InChI is InChI=1S/C12H16FNO4S/c1-8(2)5-6-19(17,18)14-11-7-9(13)3-4-10(11)12(15)16/h3-4,7-8,14H,5-6H2,1-2H3,(H,15,16). The fourth-order valence-corrected chi connectivity index (χ4v) is 2.78. The number of carboxylic acids is 1. The van der Waals surface area contributed by atoms with Crippen LogP contribution in [-0.4, -0.2) is 25.2 Å². The first-order chi connectivity index (χ1) is 8.71. The van der Waals surface area contributed by atoms with Gasteiger partial charge in [-0.15, -0.1) is 0 Å².